The van der Waals surface area contributed by atoms with Gasteiger partial charge in [0.2, 0.25) is 6.33 Å². The summed E-state index contributed by atoms with van der Waals surface area (Å²) in [6, 6.07) is 2.71. The van der Waals surface area contributed by atoms with Crippen LogP contribution in [-0.4, -0.2) is 26.0 Å². The fourth-order valence-electron chi connectivity index (χ4n) is 1.47. The van der Waals surface area contributed by atoms with E-state index in [9.17, 15) is 10.1 Å². The monoisotopic (exact) mass is 222 g/mol. The molecule has 0 bridgehead atoms. The van der Waals surface area contributed by atoms with Crippen LogP contribution in [-0.2, 0) is 0 Å². The van der Waals surface area contributed by atoms with Crippen LogP contribution in [0.4, 0.5) is 5.82 Å². The number of aromatic nitrogens is 2. The Morgan fingerprint density at radius 3 is 3.06 bits per heavy atom. The fourth-order valence-corrected chi connectivity index (χ4v) is 1.47. The first-order chi connectivity index (χ1) is 7.63. The van der Waals surface area contributed by atoms with Crippen LogP contribution in [0.2, 0.25) is 0 Å². The van der Waals surface area contributed by atoms with Gasteiger partial charge >= 0.3 is 5.82 Å². The van der Waals surface area contributed by atoms with Gasteiger partial charge in [-0.25, -0.2) is 0 Å². The zero-order valence-electron chi connectivity index (χ0n) is 8.28. The molecule has 1 unspecified atom stereocenters. The van der Waals surface area contributed by atoms with E-state index in [4.69, 9.17) is 10.8 Å². The topological polar surface area (TPSA) is 107 Å². The van der Waals surface area contributed by atoms with Gasteiger partial charge in [-0.3, -0.25) is 4.40 Å². The Bertz CT molecular complexity index is 537. The summed E-state index contributed by atoms with van der Waals surface area (Å²) in [5, 5.41) is 19.6. The van der Waals surface area contributed by atoms with Crippen molar-refractivity contribution in [2.75, 3.05) is 6.61 Å². The lowest BCUT2D eigenvalue weighted by Gasteiger charge is -2.07. The molecule has 2 aromatic rings. The number of imidazole rings is 1. The van der Waals surface area contributed by atoms with Crippen LogP contribution in [0.1, 0.15) is 11.6 Å². The van der Waals surface area contributed by atoms with E-state index in [1.807, 2.05) is 0 Å². The van der Waals surface area contributed by atoms with E-state index >= 15 is 0 Å². The second kappa shape index (κ2) is 3.87. The minimum Gasteiger partial charge on any atom is -0.394 e. The molecule has 0 saturated heterocycles. The lowest BCUT2D eigenvalue weighted by molar-refractivity contribution is -0.387. The maximum Gasteiger partial charge on any atom is 0.389 e. The summed E-state index contributed by atoms with van der Waals surface area (Å²) < 4.78 is 1.53. The Balaban J connectivity index is 2.58. The second-order valence-electron chi connectivity index (χ2n) is 3.37. The van der Waals surface area contributed by atoms with Gasteiger partial charge < -0.3 is 21.0 Å². The molecular weight excluding hydrogens is 212 g/mol. The van der Waals surface area contributed by atoms with Crippen LogP contribution < -0.4 is 5.73 Å². The molecule has 0 fully saturated rings. The van der Waals surface area contributed by atoms with E-state index in [2.05, 4.69) is 4.98 Å². The number of rotatable bonds is 3. The molecule has 0 spiro atoms. The quantitative estimate of drug-likeness (QED) is 0.571. The summed E-state index contributed by atoms with van der Waals surface area (Å²) in [5.41, 5.74) is 6.64. The Hall–Kier alpha value is -1.99. The number of nitro groups is 1. The molecule has 16 heavy (non-hydrogen) atoms. The molecule has 0 aliphatic heterocycles. The molecule has 2 rings (SSSR count). The van der Waals surface area contributed by atoms with Gasteiger partial charge in [-0.1, -0.05) is 0 Å². The number of hydrogen-bond acceptors (Lipinski definition) is 5. The third-order valence-corrected chi connectivity index (χ3v) is 2.34. The van der Waals surface area contributed by atoms with Crippen LogP contribution in [0.15, 0.2) is 24.7 Å². The predicted molar refractivity (Wildman–Crippen MR) is 55.9 cm³/mol. The van der Waals surface area contributed by atoms with Crippen LogP contribution in [0.25, 0.3) is 5.52 Å². The molecule has 0 aliphatic rings. The van der Waals surface area contributed by atoms with E-state index in [1.54, 1.807) is 18.3 Å². The molecule has 84 valence electrons. The van der Waals surface area contributed by atoms with Crippen molar-refractivity contribution in [2.45, 2.75) is 6.04 Å². The van der Waals surface area contributed by atoms with Crippen molar-refractivity contribution in [1.82, 2.24) is 9.38 Å². The highest BCUT2D eigenvalue weighted by Crippen LogP contribution is 2.20. The first-order valence-corrected chi connectivity index (χ1v) is 4.61. The van der Waals surface area contributed by atoms with Gasteiger partial charge in [0, 0.05) is 6.20 Å². The standard InChI is InChI=1S/C9H10N4O3/c10-7(4-14)6-1-2-12-5-11-9(13(15)16)8(12)3-6/h1-3,5,7,14H,4,10H2. The van der Waals surface area contributed by atoms with Gasteiger partial charge in [-0.2, -0.15) is 0 Å². The van der Waals surface area contributed by atoms with Gasteiger partial charge in [0.25, 0.3) is 0 Å². The predicted octanol–water partition coefficient (Wildman–Crippen LogP) is 0.235. The molecule has 0 radical (unpaired) electrons. The zero-order valence-corrected chi connectivity index (χ0v) is 8.28. The van der Waals surface area contributed by atoms with Crippen LogP contribution in [0.5, 0.6) is 0 Å². The van der Waals surface area contributed by atoms with Crippen molar-refractivity contribution in [2.24, 2.45) is 5.73 Å². The first kappa shape index (κ1) is 10.5. The van der Waals surface area contributed by atoms with Crippen LogP contribution in [0, 0.1) is 10.1 Å². The van der Waals surface area contributed by atoms with Crippen molar-refractivity contribution in [3.05, 3.63) is 40.3 Å². The lowest BCUT2D eigenvalue weighted by Crippen LogP contribution is -2.14. The third kappa shape index (κ3) is 1.62. The van der Waals surface area contributed by atoms with Crippen molar-refractivity contribution in [3.8, 4) is 0 Å². The largest absolute Gasteiger partial charge is 0.394 e. The summed E-state index contributed by atoms with van der Waals surface area (Å²) in [6.07, 6.45) is 2.99. The van der Waals surface area contributed by atoms with Crippen LogP contribution >= 0.6 is 0 Å². The number of hydrogen-bond donors (Lipinski definition) is 2. The molecule has 0 aromatic carbocycles. The Labute approximate surface area is 90.3 Å². The van der Waals surface area contributed by atoms with Gasteiger partial charge in [0.05, 0.1) is 12.6 Å². The van der Waals surface area contributed by atoms with Gasteiger partial charge in [0.1, 0.15) is 5.52 Å². The Morgan fingerprint density at radius 1 is 1.69 bits per heavy atom. The molecule has 7 nitrogen and oxygen atoms in total. The highest BCUT2D eigenvalue weighted by atomic mass is 16.6. The second-order valence-corrected chi connectivity index (χ2v) is 3.37. The van der Waals surface area contributed by atoms with E-state index < -0.39 is 11.0 Å². The molecule has 1 atom stereocenters. The average molecular weight is 222 g/mol. The number of aliphatic hydroxyl groups excluding tert-OH is 1. The smallest absolute Gasteiger partial charge is 0.389 e. The van der Waals surface area contributed by atoms with Crippen molar-refractivity contribution in [3.63, 3.8) is 0 Å². The number of aliphatic hydroxyl groups is 1. The Kier molecular flexibility index (Phi) is 2.55. The average Bonchev–Trinajstić information content (AvgIpc) is 2.70. The van der Waals surface area contributed by atoms with E-state index in [0.29, 0.717) is 11.1 Å². The first-order valence-electron chi connectivity index (χ1n) is 4.61. The molecule has 0 amide bonds. The minimum atomic E-state index is -0.552. The molecule has 0 saturated carbocycles. The number of nitrogens with two attached hydrogens (primary N) is 1. The van der Waals surface area contributed by atoms with E-state index in [-0.39, 0.29) is 12.4 Å². The van der Waals surface area contributed by atoms with Gasteiger partial charge in [-0.15, -0.1) is 0 Å². The molecule has 2 heterocycles. The number of nitrogens with zero attached hydrogens (tertiary/aromatic N) is 3. The minimum absolute atomic E-state index is 0.210. The summed E-state index contributed by atoms with van der Waals surface area (Å²) >= 11 is 0. The van der Waals surface area contributed by atoms with E-state index in [1.165, 1.54) is 10.7 Å². The van der Waals surface area contributed by atoms with Gasteiger partial charge in [-0.05, 0) is 27.6 Å². The highest BCUT2D eigenvalue weighted by molar-refractivity contribution is 5.62. The van der Waals surface area contributed by atoms with Crippen molar-refractivity contribution in [1.29, 1.82) is 0 Å². The normalized spacial score (nSPS) is 12.9. The van der Waals surface area contributed by atoms with Gasteiger partial charge in [0.15, 0.2) is 0 Å². The van der Waals surface area contributed by atoms with Crippen LogP contribution in [0.3, 0.4) is 0 Å². The third-order valence-electron chi connectivity index (χ3n) is 2.34. The molecule has 0 aliphatic carbocycles. The molecule has 7 heteroatoms. The molecular formula is C9H10N4O3. The van der Waals surface area contributed by atoms with E-state index in [0.717, 1.165) is 0 Å². The lowest BCUT2D eigenvalue weighted by atomic mass is 10.1. The Morgan fingerprint density at radius 2 is 2.44 bits per heavy atom. The fraction of sp³-hybridized carbons (Fsp3) is 0.222. The summed E-state index contributed by atoms with van der Waals surface area (Å²) in [7, 11) is 0. The summed E-state index contributed by atoms with van der Waals surface area (Å²) in [4.78, 5) is 13.8. The SMILES string of the molecule is NC(CO)c1ccn2cnc([N+](=O)[O-])c2c1. The highest BCUT2D eigenvalue weighted by Gasteiger charge is 2.16. The summed E-state index contributed by atoms with van der Waals surface area (Å²) in [5.74, 6) is -0.216. The maximum absolute atomic E-state index is 10.7. The maximum atomic E-state index is 10.7. The zero-order chi connectivity index (χ0) is 11.7. The van der Waals surface area contributed by atoms with Crippen molar-refractivity contribution < 1.29 is 10.0 Å². The molecule has 3 N–H and O–H groups in total. The molecule has 2 aromatic heterocycles. The summed E-state index contributed by atoms with van der Waals surface area (Å²) in [6.45, 7) is -0.210. The number of pyridine rings is 1. The number of fused-ring (bicyclic) bond motifs is 1. The van der Waals surface area contributed by atoms with Crippen molar-refractivity contribution >= 4 is 11.3 Å².